The SMILES string of the molecule is CC(=O)CN1CCCNC(=O)C1C(C)C. The summed E-state index contributed by atoms with van der Waals surface area (Å²) in [6.45, 7) is 7.53. The van der Waals surface area contributed by atoms with Crippen LogP contribution in [0.1, 0.15) is 27.2 Å². The Labute approximate surface area is 91.0 Å². The molecule has 1 amide bonds. The fourth-order valence-electron chi connectivity index (χ4n) is 2.09. The molecule has 1 aliphatic rings. The van der Waals surface area contributed by atoms with E-state index in [9.17, 15) is 9.59 Å². The van der Waals surface area contributed by atoms with Crippen LogP contribution in [0.2, 0.25) is 0 Å². The molecule has 1 aliphatic heterocycles. The molecule has 1 saturated heterocycles. The van der Waals surface area contributed by atoms with Crippen LogP contribution < -0.4 is 5.32 Å². The van der Waals surface area contributed by atoms with E-state index in [4.69, 9.17) is 0 Å². The van der Waals surface area contributed by atoms with Crippen molar-refractivity contribution in [1.29, 1.82) is 0 Å². The number of ketones is 1. The number of carbonyl (C=O) groups is 2. The molecule has 1 atom stereocenters. The van der Waals surface area contributed by atoms with Gasteiger partial charge in [-0.25, -0.2) is 0 Å². The lowest BCUT2D eigenvalue weighted by atomic mass is 10.0. The van der Waals surface area contributed by atoms with Gasteiger partial charge in [-0.2, -0.15) is 0 Å². The van der Waals surface area contributed by atoms with Gasteiger partial charge in [0.25, 0.3) is 0 Å². The summed E-state index contributed by atoms with van der Waals surface area (Å²) in [4.78, 5) is 24.9. The van der Waals surface area contributed by atoms with E-state index in [0.717, 1.165) is 19.5 Å². The largest absolute Gasteiger partial charge is 0.355 e. The Morgan fingerprint density at radius 3 is 2.80 bits per heavy atom. The maximum atomic E-state index is 11.8. The Hall–Kier alpha value is -0.900. The molecule has 4 nitrogen and oxygen atoms in total. The molecule has 0 bridgehead atoms. The summed E-state index contributed by atoms with van der Waals surface area (Å²) < 4.78 is 0. The Morgan fingerprint density at radius 1 is 1.60 bits per heavy atom. The van der Waals surface area contributed by atoms with Crippen molar-refractivity contribution in [2.75, 3.05) is 19.6 Å². The van der Waals surface area contributed by atoms with Crippen molar-refractivity contribution in [2.24, 2.45) is 5.92 Å². The maximum absolute atomic E-state index is 11.8. The number of hydrogen-bond donors (Lipinski definition) is 1. The topological polar surface area (TPSA) is 49.4 Å². The minimum Gasteiger partial charge on any atom is -0.355 e. The first-order valence-corrected chi connectivity index (χ1v) is 5.53. The molecule has 0 aromatic heterocycles. The van der Waals surface area contributed by atoms with Gasteiger partial charge in [-0.15, -0.1) is 0 Å². The molecule has 4 heteroatoms. The van der Waals surface area contributed by atoms with Crippen LogP contribution in [-0.4, -0.2) is 42.3 Å². The van der Waals surface area contributed by atoms with Crippen LogP contribution in [0, 0.1) is 5.92 Å². The van der Waals surface area contributed by atoms with Gasteiger partial charge in [0.05, 0.1) is 12.6 Å². The van der Waals surface area contributed by atoms with E-state index in [1.807, 2.05) is 18.7 Å². The van der Waals surface area contributed by atoms with Gasteiger partial charge in [0.1, 0.15) is 5.78 Å². The predicted octanol–water partition coefficient (Wildman–Crippen LogP) is 0.422. The Kier molecular flexibility index (Phi) is 4.27. The first kappa shape index (κ1) is 12.2. The first-order valence-electron chi connectivity index (χ1n) is 5.53. The van der Waals surface area contributed by atoms with Crippen LogP contribution in [0.3, 0.4) is 0 Å². The van der Waals surface area contributed by atoms with E-state index in [0.29, 0.717) is 6.54 Å². The summed E-state index contributed by atoms with van der Waals surface area (Å²) in [6.07, 6.45) is 0.919. The number of nitrogens with zero attached hydrogens (tertiary/aromatic N) is 1. The minimum atomic E-state index is -0.156. The van der Waals surface area contributed by atoms with E-state index in [1.54, 1.807) is 6.92 Å². The zero-order valence-electron chi connectivity index (χ0n) is 9.75. The summed E-state index contributed by atoms with van der Waals surface area (Å²) in [5, 5.41) is 2.89. The fourth-order valence-corrected chi connectivity index (χ4v) is 2.09. The highest BCUT2D eigenvalue weighted by Gasteiger charge is 2.30. The van der Waals surface area contributed by atoms with Crippen LogP contribution in [0.4, 0.5) is 0 Å². The molecule has 0 aromatic carbocycles. The molecule has 0 spiro atoms. The number of rotatable bonds is 3. The van der Waals surface area contributed by atoms with Crippen LogP contribution in [0.15, 0.2) is 0 Å². The molecule has 86 valence electrons. The summed E-state index contributed by atoms with van der Waals surface area (Å²) in [6, 6.07) is -0.156. The van der Waals surface area contributed by atoms with Crippen molar-refractivity contribution in [3.63, 3.8) is 0 Å². The van der Waals surface area contributed by atoms with Gasteiger partial charge in [0, 0.05) is 13.1 Å². The molecule has 1 unspecified atom stereocenters. The number of amides is 1. The molecular weight excluding hydrogens is 192 g/mol. The van der Waals surface area contributed by atoms with Gasteiger partial charge >= 0.3 is 0 Å². The van der Waals surface area contributed by atoms with Crippen molar-refractivity contribution >= 4 is 11.7 Å². The minimum absolute atomic E-state index is 0.0590. The van der Waals surface area contributed by atoms with Crippen molar-refractivity contribution in [3.05, 3.63) is 0 Å². The first-order chi connectivity index (χ1) is 7.02. The number of nitrogens with one attached hydrogen (secondary N) is 1. The second kappa shape index (κ2) is 5.26. The Balaban J connectivity index is 2.77. The fraction of sp³-hybridized carbons (Fsp3) is 0.818. The highest BCUT2D eigenvalue weighted by atomic mass is 16.2. The third kappa shape index (κ3) is 3.30. The smallest absolute Gasteiger partial charge is 0.237 e. The Morgan fingerprint density at radius 2 is 2.27 bits per heavy atom. The van der Waals surface area contributed by atoms with E-state index >= 15 is 0 Å². The van der Waals surface area contributed by atoms with Gasteiger partial charge < -0.3 is 5.32 Å². The zero-order valence-corrected chi connectivity index (χ0v) is 9.75. The lowest BCUT2D eigenvalue weighted by Gasteiger charge is -2.29. The standard InChI is InChI=1S/C11H20N2O2/c1-8(2)10-11(15)12-5-4-6-13(10)7-9(3)14/h8,10H,4-7H2,1-3H3,(H,12,15). The average molecular weight is 212 g/mol. The monoisotopic (exact) mass is 212 g/mol. The molecule has 1 heterocycles. The van der Waals surface area contributed by atoms with Gasteiger partial charge in [-0.1, -0.05) is 13.8 Å². The lowest BCUT2D eigenvalue weighted by molar-refractivity contribution is -0.128. The van der Waals surface area contributed by atoms with Gasteiger partial charge in [-0.05, 0) is 19.3 Å². The van der Waals surface area contributed by atoms with Gasteiger partial charge in [0.2, 0.25) is 5.91 Å². The van der Waals surface area contributed by atoms with E-state index < -0.39 is 0 Å². The maximum Gasteiger partial charge on any atom is 0.237 e. The normalized spacial score (nSPS) is 23.7. The molecule has 1 N–H and O–H groups in total. The molecule has 0 aliphatic carbocycles. The van der Waals surface area contributed by atoms with Crippen molar-refractivity contribution in [2.45, 2.75) is 33.2 Å². The molecule has 0 radical (unpaired) electrons. The molecular formula is C11H20N2O2. The highest BCUT2D eigenvalue weighted by molar-refractivity contribution is 5.84. The van der Waals surface area contributed by atoms with Crippen LogP contribution in [0.5, 0.6) is 0 Å². The molecule has 1 fully saturated rings. The second-order valence-corrected chi connectivity index (χ2v) is 4.51. The zero-order chi connectivity index (χ0) is 11.4. The number of hydrogen-bond acceptors (Lipinski definition) is 3. The molecule has 15 heavy (non-hydrogen) atoms. The third-order valence-corrected chi connectivity index (χ3v) is 2.64. The number of Topliss-reactive ketones (excluding diaryl/α,β-unsaturated/α-hetero) is 1. The third-order valence-electron chi connectivity index (χ3n) is 2.64. The van der Waals surface area contributed by atoms with Gasteiger partial charge in [-0.3, -0.25) is 14.5 Å². The number of carbonyl (C=O) groups excluding carboxylic acids is 2. The highest BCUT2D eigenvalue weighted by Crippen LogP contribution is 2.13. The molecule has 0 aromatic rings. The van der Waals surface area contributed by atoms with Crippen LogP contribution in [0.25, 0.3) is 0 Å². The molecule has 0 saturated carbocycles. The summed E-state index contributed by atoms with van der Waals surface area (Å²) in [5.74, 6) is 0.418. The van der Waals surface area contributed by atoms with Crippen molar-refractivity contribution < 1.29 is 9.59 Å². The Bertz CT molecular complexity index is 251. The average Bonchev–Trinajstić information content (AvgIpc) is 2.26. The molecule has 1 rings (SSSR count). The lowest BCUT2D eigenvalue weighted by Crippen LogP contribution is -2.48. The van der Waals surface area contributed by atoms with Crippen molar-refractivity contribution in [1.82, 2.24) is 10.2 Å². The predicted molar refractivity (Wildman–Crippen MR) is 58.5 cm³/mol. The van der Waals surface area contributed by atoms with E-state index in [2.05, 4.69) is 5.32 Å². The summed E-state index contributed by atoms with van der Waals surface area (Å²) in [7, 11) is 0. The summed E-state index contributed by atoms with van der Waals surface area (Å²) >= 11 is 0. The van der Waals surface area contributed by atoms with E-state index in [-0.39, 0.29) is 23.7 Å². The van der Waals surface area contributed by atoms with Gasteiger partial charge in [0.15, 0.2) is 0 Å². The van der Waals surface area contributed by atoms with Crippen molar-refractivity contribution in [3.8, 4) is 0 Å². The van der Waals surface area contributed by atoms with E-state index in [1.165, 1.54) is 0 Å². The van der Waals surface area contributed by atoms with Crippen LogP contribution in [-0.2, 0) is 9.59 Å². The summed E-state index contributed by atoms with van der Waals surface area (Å²) in [5.41, 5.74) is 0. The second-order valence-electron chi connectivity index (χ2n) is 4.51. The quantitative estimate of drug-likeness (QED) is 0.737. The van der Waals surface area contributed by atoms with Crippen LogP contribution >= 0.6 is 0 Å².